The Morgan fingerprint density at radius 3 is 2.42 bits per heavy atom. The smallest absolute Gasteiger partial charge is 0.314 e. The molecule has 1 fully saturated rings. The second kappa shape index (κ2) is 3.98. The van der Waals surface area contributed by atoms with Gasteiger partial charge in [0.2, 0.25) is 0 Å². The molecule has 0 unspecified atom stereocenters. The Morgan fingerprint density at radius 2 is 2.00 bits per heavy atom. The van der Waals surface area contributed by atoms with Crippen molar-refractivity contribution in [2.45, 2.75) is 0 Å². The number of primary amides is 1. The number of amides is 2. The largest absolute Gasteiger partial charge is 0.351 e. The number of rotatable bonds is 1. The number of piperazine rings is 1. The first-order valence-corrected chi connectivity index (χ1v) is 3.94. The fraction of sp³-hybridized carbons (Fsp3) is 0.625. The number of urea groups is 1. The van der Waals surface area contributed by atoms with Crippen LogP contribution < -0.4 is 5.73 Å². The van der Waals surface area contributed by atoms with Gasteiger partial charge in [0.1, 0.15) is 0 Å². The third kappa shape index (κ3) is 2.14. The molecule has 0 aromatic rings. The van der Waals surface area contributed by atoms with E-state index in [9.17, 15) is 4.79 Å². The van der Waals surface area contributed by atoms with E-state index in [1.807, 2.05) is 0 Å². The fourth-order valence-electron chi connectivity index (χ4n) is 1.26. The maximum atomic E-state index is 10.7. The molecular formula is C8H13N3O. The van der Waals surface area contributed by atoms with E-state index >= 15 is 0 Å². The lowest BCUT2D eigenvalue weighted by Crippen LogP contribution is -2.50. The van der Waals surface area contributed by atoms with Gasteiger partial charge in [-0.15, -0.1) is 6.42 Å². The number of carbonyl (C=O) groups is 1. The van der Waals surface area contributed by atoms with Gasteiger partial charge in [-0.3, -0.25) is 4.90 Å². The van der Waals surface area contributed by atoms with Crippen molar-refractivity contribution in [1.29, 1.82) is 0 Å². The van der Waals surface area contributed by atoms with Crippen molar-refractivity contribution in [2.75, 3.05) is 32.7 Å². The zero-order valence-corrected chi connectivity index (χ0v) is 6.99. The maximum absolute atomic E-state index is 10.7. The van der Waals surface area contributed by atoms with Gasteiger partial charge in [0.25, 0.3) is 0 Å². The number of hydrogen-bond acceptors (Lipinski definition) is 2. The first kappa shape index (κ1) is 8.88. The van der Waals surface area contributed by atoms with Gasteiger partial charge in [0.05, 0.1) is 6.54 Å². The SMILES string of the molecule is C#CCN1CCN(C(N)=O)CC1. The van der Waals surface area contributed by atoms with E-state index < -0.39 is 0 Å². The van der Waals surface area contributed by atoms with Crippen LogP contribution in [0.5, 0.6) is 0 Å². The summed E-state index contributed by atoms with van der Waals surface area (Å²) in [6, 6.07) is -0.338. The van der Waals surface area contributed by atoms with Crippen LogP contribution in [0.2, 0.25) is 0 Å². The molecule has 2 amide bonds. The minimum Gasteiger partial charge on any atom is -0.351 e. The highest BCUT2D eigenvalue weighted by atomic mass is 16.2. The quantitative estimate of drug-likeness (QED) is 0.526. The fourth-order valence-corrected chi connectivity index (χ4v) is 1.26. The summed E-state index contributed by atoms with van der Waals surface area (Å²) >= 11 is 0. The summed E-state index contributed by atoms with van der Waals surface area (Å²) < 4.78 is 0. The summed E-state index contributed by atoms with van der Waals surface area (Å²) in [6.07, 6.45) is 5.16. The molecule has 1 aliphatic heterocycles. The molecule has 0 radical (unpaired) electrons. The zero-order chi connectivity index (χ0) is 8.97. The molecule has 0 bridgehead atoms. The summed E-state index contributed by atoms with van der Waals surface area (Å²) in [5.41, 5.74) is 5.11. The molecule has 0 atom stereocenters. The van der Waals surface area contributed by atoms with Crippen molar-refractivity contribution in [2.24, 2.45) is 5.73 Å². The van der Waals surface area contributed by atoms with Crippen LogP contribution in [0.1, 0.15) is 0 Å². The summed E-state index contributed by atoms with van der Waals surface area (Å²) in [5.74, 6) is 2.57. The third-order valence-corrected chi connectivity index (χ3v) is 2.00. The predicted molar refractivity (Wildman–Crippen MR) is 46.4 cm³/mol. The number of nitrogens with two attached hydrogens (primary N) is 1. The molecule has 4 heteroatoms. The minimum absolute atomic E-state index is 0.338. The Morgan fingerprint density at radius 1 is 1.42 bits per heavy atom. The lowest BCUT2D eigenvalue weighted by molar-refractivity contribution is 0.154. The van der Waals surface area contributed by atoms with Crippen LogP contribution in [0.15, 0.2) is 0 Å². The van der Waals surface area contributed by atoms with Crippen molar-refractivity contribution in [3.8, 4) is 12.3 Å². The van der Waals surface area contributed by atoms with Crippen molar-refractivity contribution >= 4 is 6.03 Å². The molecule has 2 N–H and O–H groups in total. The second-order valence-electron chi connectivity index (χ2n) is 2.81. The molecule has 0 aromatic carbocycles. The number of carbonyl (C=O) groups excluding carboxylic acids is 1. The number of nitrogens with zero attached hydrogens (tertiary/aromatic N) is 2. The number of terminal acetylenes is 1. The molecular weight excluding hydrogens is 154 g/mol. The van der Waals surface area contributed by atoms with Crippen LogP contribution >= 0.6 is 0 Å². The van der Waals surface area contributed by atoms with Gasteiger partial charge < -0.3 is 10.6 Å². The molecule has 0 saturated carbocycles. The minimum atomic E-state index is -0.338. The standard InChI is InChI=1S/C8H13N3O/c1-2-3-10-4-6-11(7-5-10)8(9)12/h1H,3-7H2,(H2,9,12). The van der Waals surface area contributed by atoms with Gasteiger partial charge >= 0.3 is 6.03 Å². The van der Waals surface area contributed by atoms with Crippen LogP contribution in [-0.2, 0) is 0 Å². The van der Waals surface area contributed by atoms with Gasteiger partial charge in [-0.05, 0) is 0 Å². The molecule has 1 aliphatic rings. The molecule has 4 nitrogen and oxygen atoms in total. The molecule has 12 heavy (non-hydrogen) atoms. The van der Waals surface area contributed by atoms with Gasteiger partial charge in [-0.2, -0.15) is 0 Å². The van der Waals surface area contributed by atoms with E-state index in [-0.39, 0.29) is 6.03 Å². The van der Waals surface area contributed by atoms with E-state index in [0.717, 1.165) is 13.1 Å². The van der Waals surface area contributed by atoms with Crippen LogP contribution in [-0.4, -0.2) is 48.6 Å². The highest BCUT2D eigenvalue weighted by molar-refractivity contribution is 5.72. The molecule has 1 saturated heterocycles. The lowest BCUT2D eigenvalue weighted by Gasteiger charge is -2.32. The van der Waals surface area contributed by atoms with Crippen molar-refractivity contribution in [1.82, 2.24) is 9.80 Å². The van der Waals surface area contributed by atoms with Crippen LogP contribution in [0.4, 0.5) is 4.79 Å². The highest BCUT2D eigenvalue weighted by Crippen LogP contribution is 1.99. The van der Waals surface area contributed by atoms with Gasteiger partial charge in [-0.1, -0.05) is 5.92 Å². The van der Waals surface area contributed by atoms with Crippen LogP contribution in [0, 0.1) is 12.3 Å². The molecule has 0 aromatic heterocycles. The monoisotopic (exact) mass is 167 g/mol. The van der Waals surface area contributed by atoms with E-state index in [4.69, 9.17) is 12.2 Å². The van der Waals surface area contributed by atoms with E-state index in [2.05, 4.69) is 10.8 Å². The van der Waals surface area contributed by atoms with Gasteiger partial charge in [0.15, 0.2) is 0 Å². The zero-order valence-electron chi connectivity index (χ0n) is 6.99. The lowest BCUT2D eigenvalue weighted by atomic mass is 10.3. The Bertz CT molecular complexity index is 201. The number of hydrogen-bond donors (Lipinski definition) is 1. The molecule has 0 spiro atoms. The molecule has 1 rings (SSSR count). The molecule has 1 heterocycles. The average molecular weight is 167 g/mol. The Hall–Kier alpha value is -1.21. The summed E-state index contributed by atoms with van der Waals surface area (Å²) in [5, 5.41) is 0. The van der Waals surface area contributed by atoms with Crippen molar-refractivity contribution in [3.05, 3.63) is 0 Å². The summed E-state index contributed by atoms with van der Waals surface area (Å²) in [4.78, 5) is 14.5. The Balaban J connectivity index is 2.30. The normalized spacial score (nSPS) is 18.8. The Kier molecular flexibility index (Phi) is 2.94. The van der Waals surface area contributed by atoms with E-state index in [0.29, 0.717) is 19.6 Å². The average Bonchev–Trinajstić information content (AvgIpc) is 2.06. The highest BCUT2D eigenvalue weighted by Gasteiger charge is 2.17. The topological polar surface area (TPSA) is 49.6 Å². The summed E-state index contributed by atoms with van der Waals surface area (Å²) in [6.45, 7) is 3.70. The first-order chi connectivity index (χ1) is 5.74. The predicted octanol–water partition coefficient (Wildman–Crippen LogP) is -0.684. The first-order valence-electron chi connectivity index (χ1n) is 3.94. The van der Waals surface area contributed by atoms with Crippen molar-refractivity contribution in [3.63, 3.8) is 0 Å². The third-order valence-electron chi connectivity index (χ3n) is 2.00. The van der Waals surface area contributed by atoms with Crippen LogP contribution in [0.25, 0.3) is 0 Å². The van der Waals surface area contributed by atoms with Gasteiger partial charge in [-0.25, -0.2) is 4.79 Å². The van der Waals surface area contributed by atoms with Crippen molar-refractivity contribution < 1.29 is 4.79 Å². The van der Waals surface area contributed by atoms with E-state index in [1.165, 1.54) is 0 Å². The molecule has 66 valence electrons. The molecule has 0 aliphatic carbocycles. The summed E-state index contributed by atoms with van der Waals surface area (Å²) in [7, 11) is 0. The maximum Gasteiger partial charge on any atom is 0.314 e. The second-order valence-corrected chi connectivity index (χ2v) is 2.81. The van der Waals surface area contributed by atoms with Gasteiger partial charge in [0, 0.05) is 26.2 Å². The van der Waals surface area contributed by atoms with Crippen LogP contribution in [0.3, 0.4) is 0 Å². The Labute approximate surface area is 72.3 Å². The van der Waals surface area contributed by atoms with E-state index in [1.54, 1.807) is 4.90 Å².